The fourth-order valence-corrected chi connectivity index (χ4v) is 4.07. The van der Waals surface area contributed by atoms with Crippen LogP contribution < -0.4 is 4.72 Å². The molecule has 0 aliphatic carbocycles. The molecule has 0 aromatic carbocycles. The van der Waals surface area contributed by atoms with Crippen molar-refractivity contribution in [3.8, 4) is 0 Å². The van der Waals surface area contributed by atoms with Crippen LogP contribution in [0, 0.1) is 13.8 Å². The zero-order valence-corrected chi connectivity index (χ0v) is 13.5. The molecule has 1 N–H and O–H groups in total. The van der Waals surface area contributed by atoms with E-state index in [9.17, 15) is 13.2 Å². The van der Waals surface area contributed by atoms with Gasteiger partial charge in [0, 0.05) is 7.05 Å². The van der Waals surface area contributed by atoms with Crippen LogP contribution in [0.5, 0.6) is 0 Å². The molecule has 2 aromatic heterocycles. The average Bonchev–Trinajstić information content (AvgIpc) is 3.00. The normalized spacial score (nSPS) is 11.4. The van der Waals surface area contributed by atoms with E-state index in [1.807, 2.05) is 0 Å². The monoisotopic (exact) mass is 330 g/mol. The topological polar surface area (TPSA) is 103 Å². The molecule has 0 amide bonds. The maximum Gasteiger partial charge on any atom is 0.358 e. The fourth-order valence-electron chi connectivity index (χ4n) is 1.76. The van der Waals surface area contributed by atoms with Gasteiger partial charge in [0.2, 0.25) is 0 Å². The van der Waals surface area contributed by atoms with E-state index in [1.165, 1.54) is 12.6 Å². The van der Waals surface area contributed by atoms with Gasteiger partial charge >= 0.3 is 5.97 Å². The van der Waals surface area contributed by atoms with Crippen molar-refractivity contribution in [2.75, 3.05) is 11.8 Å². The highest BCUT2D eigenvalue weighted by atomic mass is 32.2. The second-order valence-electron chi connectivity index (χ2n) is 4.25. The summed E-state index contributed by atoms with van der Waals surface area (Å²) in [5.41, 5.74) is 2.66. The van der Waals surface area contributed by atoms with Crippen molar-refractivity contribution in [3.63, 3.8) is 0 Å². The Morgan fingerprint density at radius 3 is 2.62 bits per heavy atom. The van der Waals surface area contributed by atoms with E-state index in [-0.39, 0.29) is 9.90 Å². The lowest BCUT2D eigenvalue weighted by Gasteiger charge is -2.07. The number of aryl methyl sites for hydroxylation is 2. The number of hydrogen-bond donors (Lipinski definition) is 1. The zero-order chi connectivity index (χ0) is 15.8. The van der Waals surface area contributed by atoms with Gasteiger partial charge in [-0.3, -0.25) is 9.40 Å². The minimum absolute atomic E-state index is 0.183. The first-order valence-corrected chi connectivity index (χ1v) is 8.19. The highest BCUT2D eigenvalue weighted by molar-refractivity contribution is 7.94. The molecule has 0 saturated heterocycles. The number of carbonyl (C=O) groups excluding carboxylic acids is 1. The van der Waals surface area contributed by atoms with Crippen LogP contribution in [0.4, 0.5) is 5.69 Å². The molecule has 8 nitrogen and oxygen atoms in total. The van der Waals surface area contributed by atoms with E-state index in [2.05, 4.69) is 19.5 Å². The van der Waals surface area contributed by atoms with Crippen LogP contribution in [-0.4, -0.2) is 36.3 Å². The second-order valence-corrected chi connectivity index (χ2v) is 6.99. The summed E-state index contributed by atoms with van der Waals surface area (Å²) in [7, 11) is -1.05. The van der Waals surface area contributed by atoms with Gasteiger partial charge < -0.3 is 4.74 Å². The second kappa shape index (κ2) is 5.45. The predicted molar refractivity (Wildman–Crippen MR) is 76.9 cm³/mol. The van der Waals surface area contributed by atoms with Crippen LogP contribution in [0.1, 0.15) is 21.9 Å². The van der Waals surface area contributed by atoms with Gasteiger partial charge in [-0.25, -0.2) is 18.2 Å². The Bertz CT molecular complexity index is 791. The number of rotatable bonds is 4. The Labute approximate surface area is 125 Å². The number of aromatic nitrogens is 3. The van der Waals surface area contributed by atoms with Gasteiger partial charge in [0.1, 0.15) is 0 Å². The Kier molecular flexibility index (Phi) is 4.01. The van der Waals surface area contributed by atoms with Crippen molar-refractivity contribution in [1.29, 1.82) is 0 Å². The molecule has 0 fully saturated rings. The average molecular weight is 330 g/mol. The first-order valence-electron chi connectivity index (χ1n) is 5.82. The number of nitrogens with one attached hydrogen (secondary N) is 1. The lowest BCUT2D eigenvalue weighted by molar-refractivity contribution is 0.0590. The summed E-state index contributed by atoms with van der Waals surface area (Å²) >= 11 is 0.848. The number of carbonyl (C=O) groups is 1. The Balaban J connectivity index is 2.44. The lowest BCUT2D eigenvalue weighted by atomic mass is 10.3. The van der Waals surface area contributed by atoms with E-state index >= 15 is 0 Å². The van der Waals surface area contributed by atoms with Gasteiger partial charge in [-0.15, -0.1) is 11.3 Å². The van der Waals surface area contributed by atoms with Gasteiger partial charge in [-0.2, -0.15) is 5.10 Å². The molecule has 0 aliphatic rings. The summed E-state index contributed by atoms with van der Waals surface area (Å²) in [6, 6.07) is 0. The molecule has 2 rings (SSSR count). The molecule has 0 spiro atoms. The first-order chi connectivity index (χ1) is 9.77. The van der Waals surface area contributed by atoms with Crippen molar-refractivity contribution in [3.05, 3.63) is 22.6 Å². The van der Waals surface area contributed by atoms with Gasteiger partial charge in [-0.1, -0.05) is 0 Å². The molecular formula is C11H14N4O4S2. The molecule has 0 unspecified atom stereocenters. The number of ether oxygens (including phenoxy) is 1. The van der Waals surface area contributed by atoms with Gasteiger partial charge in [0.25, 0.3) is 10.0 Å². The Morgan fingerprint density at radius 2 is 2.10 bits per heavy atom. The van der Waals surface area contributed by atoms with Crippen LogP contribution in [-0.2, 0) is 21.8 Å². The Hall–Kier alpha value is -1.94. The summed E-state index contributed by atoms with van der Waals surface area (Å²) in [4.78, 5) is 15.3. The third kappa shape index (κ3) is 2.76. The highest BCUT2D eigenvalue weighted by Gasteiger charge is 2.28. The summed E-state index contributed by atoms with van der Waals surface area (Å²) in [6.07, 6.45) is 0. The maximum absolute atomic E-state index is 12.4. The molecule has 0 aliphatic heterocycles. The van der Waals surface area contributed by atoms with Crippen LogP contribution >= 0.6 is 11.3 Å². The standard InChI is InChI=1S/C11H14N4O4S2/c1-6-8(7(2)15(3)13-6)14-21(17,18)11-9(10(16)19-4)12-5-20-11/h5,14H,1-4H3. The van der Waals surface area contributed by atoms with Crippen molar-refractivity contribution in [1.82, 2.24) is 14.8 Å². The van der Waals surface area contributed by atoms with Crippen molar-refractivity contribution >= 4 is 33.0 Å². The van der Waals surface area contributed by atoms with Crippen LogP contribution in [0.2, 0.25) is 0 Å². The van der Waals surface area contributed by atoms with E-state index < -0.39 is 16.0 Å². The number of methoxy groups -OCH3 is 1. The molecule has 0 radical (unpaired) electrons. The number of anilines is 1. The summed E-state index contributed by atoms with van der Waals surface area (Å²) < 4.78 is 33.2. The minimum atomic E-state index is -3.94. The van der Waals surface area contributed by atoms with Crippen LogP contribution in [0.15, 0.2) is 9.72 Å². The van der Waals surface area contributed by atoms with E-state index in [0.29, 0.717) is 17.1 Å². The van der Waals surface area contributed by atoms with Crippen molar-refractivity contribution < 1.29 is 17.9 Å². The molecule has 2 heterocycles. The summed E-state index contributed by atoms with van der Waals surface area (Å²) in [5, 5.41) is 4.14. The van der Waals surface area contributed by atoms with E-state index in [0.717, 1.165) is 11.3 Å². The van der Waals surface area contributed by atoms with Gasteiger partial charge in [-0.05, 0) is 13.8 Å². The molecular weight excluding hydrogens is 316 g/mol. The predicted octanol–water partition coefficient (Wildman–Crippen LogP) is 1.08. The highest BCUT2D eigenvalue weighted by Crippen LogP contribution is 2.26. The lowest BCUT2D eigenvalue weighted by Crippen LogP contribution is -2.17. The molecule has 2 aromatic rings. The molecule has 21 heavy (non-hydrogen) atoms. The number of esters is 1. The minimum Gasteiger partial charge on any atom is -0.464 e. The molecule has 0 atom stereocenters. The number of thiazole rings is 1. The van der Waals surface area contributed by atoms with Crippen molar-refractivity contribution in [2.45, 2.75) is 18.1 Å². The number of nitrogens with zero attached hydrogens (tertiary/aromatic N) is 3. The largest absolute Gasteiger partial charge is 0.464 e. The summed E-state index contributed by atoms with van der Waals surface area (Å²) in [5.74, 6) is -0.795. The number of hydrogen-bond acceptors (Lipinski definition) is 7. The van der Waals surface area contributed by atoms with Crippen LogP contribution in [0.3, 0.4) is 0 Å². The third-order valence-electron chi connectivity index (χ3n) is 2.90. The SMILES string of the molecule is COC(=O)c1ncsc1S(=O)(=O)Nc1c(C)nn(C)c1C. The molecule has 0 bridgehead atoms. The smallest absolute Gasteiger partial charge is 0.358 e. The molecule has 10 heteroatoms. The van der Waals surface area contributed by atoms with E-state index in [1.54, 1.807) is 25.6 Å². The third-order valence-corrected chi connectivity index (χ3v) is 5.62. The molecule has 0 saturated carbocycles. The van der Waals surface area contributed by atoms with Crippen LogP contribution in [0.25, 0.3) is 0 Å². The zero-order valence-electron chi connectivity index (χ0n) is 11.9. The van der Waals surface area contributed by atoms with Gasteiger partial charge in [0.05, 0.1) is 29.7 Å². The first kappa shape index (κ1) is 15.4. The molecule has 114 valence electrons. The fraction of sp³-hybridized carbons (Fsp3) is 0.364. The number of sulfonamides is 1. The van der Waals surface area contributed by atoms with E-state index in [4.69, 9.17) is 0 Å². The maximum atomic E-state index is 12.4. The summed E-state index contributed by atoms with van der Waals surface area (Å²) in [6.45, 7) is 3.44. The Morgan fingerprint density at radius 1 is 1.43 bits per heavy atom. The van der Waals surface area contributed by atoms with Crippen molar-refractivity contribution in [2.24, 2.45) is 7.05 Å². The van der Waals surface area contributed by atoms with Gasteiger partial charge in [0.15, 0.2) is 9.90 Å². The quantitative estimate of drug-likeness (QED) is 0.841.